The van der Waals surface area contributed by atoms with Gasteiger partial charge in [-0.2, -0.15) is 13.2 Å². The van der Waals surface area contributed by atoms with Gasteiger partial charge in [0.2, 0.25) is 0 Å². The van der Waals surface area contributed by atoms with E-state index < -0.39 is 23.8 Å². The first-order valence-corrected chi connectivity index (χ1v) is 5.40. The van der Waals surface area contributed by atoms with Crippen LogP contribution in [-0.2, 0) is 11.0 Å². The molecule has 2 heterocycles. The Labute approximate surface area is 105 Å². The van der Waals surface area contributed by atoms with Crippen molar-refractivity contribution in [1.82, 2.24) is 4.98 Å². The number of carboxylic acid groups (broad SMARTS) is 1. The molecule has 1 N–H and O–H groups in total. The average Bonchev–Trinajstić information content (AvgIpc) is 2.16. The van der Waals surface area contributed by atoms with E-state index in [4.69, 9.17) is 16.7 Å². The van der Waals surface area contributed by atoms with Crippen LogP contribution in [0.5, 0.6) is 0 Å². The highest BCUT2D eigenvalue weighted by Crippen LogP contribution is 2.36. The number of rotatable bonds is 2. The van der Waals surface area contributed by atoms with Gasteiger partial charge >= 0.3 is 12.1 Å². The summed E-state index contributed by atoms with van der Waals surface area (Å²) in [5.41, 5.74) is -0.955. The predicted octanol–water partition coefficient (Wildman–Crippen LogP) is 2.42. The Morgan fingerprint density at radius 3 is 2.61 bits per heavy atom. The van der Waals surface area contributed by atoms with Crippen LogP contribution in [0.2, 0.25) is 5.02 Å². The Balaban J connectivity index is 2.29. The Bertz CT molecular complexity index is 493. The monoisotopic (exact) mass is 280 g/mol. The average molecular weight is 281 g/mol. The van der Waals surface area contributed by atoms with Crippen LogP contribution in [0.25, 0.3) is 0 Å². The topological polar surface area (TPSA) is 53.4 Å². The van der Waals surface area contributed by atoms with Crippen LogP contribution in [0.15, 0.2) is 12.3 Å². The molecular formula is C10H8ClF3N2O2. The maximum absolute atomic E-state index is 12.4. The van der Waals surface area contributed by atoms with Crippen molar-refractivity contribution in [3.63, 3.8) is 0 Å². The third-order valence-corrected chi connectivity index (χ3v) is 3.00. The van der Waals surface area contributed by atoms with Crippen molar-refractivity contribution in [2.45, 2.75) is 18.6 Å². The van der Waals surface area contributed by atoms with Gasteiger partial charge in [-0.25, -0.2) is 9.78 Å². The van der Waals surface area contributed by atoms with E-state index in [0.717, 1.165) is 6.07 Å². The first-order valence-electron chi connectivity index (χ1n) is 5.03. The highest BCUT2D eigenvalue weighted by molar-refractivity contribution is 6.33. The molecule has 1 saturated heterocycles. The fourth-order valence-corrected chi connectivity index (χ4v) is 1.97. The molecule has 0 spiro atoms. The number of hydrogen-bond acceptors (Lipinski definition) is 3. The summed E-state index contributed by atoms with van der Waals surface area (Å²) >= 11 is 5.72. The number of carboxylic acids is 1. The second-order valence-corrected chi connectivity index (χ2v) is 4.27. The minimum atomic E-state index is -4.52. The third kappa shape index (κ3) is 2.22. The number of aromatic nitrogens is 1. The summed E-state index contributed by atoms with van der Waals surface area (Å²) in [5.74, 6) is -0.970. The summed E-state index contributed by atoms with van der Waals surface area (Å²) in [6.07, 6.45) is -3.44. The van der Waals surface area contributed by atoms with Gasteiger partial charge in [0.05, 0.1) is 10.6 Å². The van der Waals surface area contributed by atoms with Gasteiger partial charge in [0.15, 0.2) is 0 Å². The van der Waals surface area contributed by atoms with Gasteiger partial charge < -0.3 is 10.0 Å². The number of pyridine rings is 1. The summed E-state index contributed by atoms with van der Waals surface area (Å²) in [4.78, 5) is 15.8. The molecule has 1 atom stereocenters. The van der Waals surface area contributed by atoms with E-state index in [2.05, 4.69) is 4.98 Å². The molecule has 1 aliphatic heterocycles. The van der Waals surface area contributed by atoms with E-state index in [1.54, 1.807) is 0 Å². The normalized spacial score (nSPS) is 19.6. The predicted molar refractivity (Wildman–Crippen MR) is 57.6 cm³/mol. The largest absolute Gasteiger partial charge is 0.480 e. The van der Waals surface area contributed by atoms with E-state index >= 15 is 0 Å². The lowest BCUT2D eigenvalue weighted by atomic mass is 10.0. The molecular weight excluding hydrogens is 273 g/mol. The molecule has 0 aliphatic carbocycles. The van der Waals surface area contributed by atoms with E-state index in [1.165, 1.54) is 4.90 Å². The maximum atomic E-state index is 12.4. The number of halogens is 4. The molecule has 0 unspecified atom stereocenters. The molecule has 1 aromatic heterocycles. The minimum Gasteiger partial charge on any atom is -0.480 e. The fraction of sp³-hybridized carbons (Fsp3) is 0.400. The molecule has 0 aromatic carbocycles. The lowest BCUT2D eigenvalue weighted by Gasteiger charge is -2.39. The number of anilines is 1. The Kier molecular flexibility index (Phi) is 3.10. The van der Waals surface area contributed by atoms with Gasteiger partial charge in [-0.15, -0.1) is 0 Å². The molecule has 4 nitrogen and oxygen atoms in total. The minimum absolute atomic E-state index is 0.0725. The van der Waals surface area contributed by atoms with Gasteiger partial charge in [0.25, 0.3) is 0 Å². The second kappa shape index (κ2) is 4.31. The molecule has 2 rings (SSSR count). The van der Waals surface area contributed by atoms with Crippen LogP contribution in [0.4, 0.5) is 19.0 Å². The van der Waals surface area contributed by atoms with Crippen molar-refractivity contribution in [1.29, 1.82) is 0 Å². The first-order chi connectivity index (χ1) is 8.30. The summed E-state index contributed by atoms with van der Waals surface area (Å²) in [7, 11) is 0. The van der Waals surface area contributed by atoms with Crippen molar-refractivity contribution < 1.29 is 23.1 Å². The molecule has 0 saturated carbocycles. The van der Waals surface area contributed by atoms with Crippen LogP contribution >= 0.6 is 11.6 Å². The van der Waals surface area contributed by atoms with E-state index in [0.29, 0.717) is 19.2 Å². The molecule has 0 bridgehead atoms. The number of alkyl halides is 3. The van der Waals surface area contributed by atoms with Crippen LogP contribution in [0.3, 0.4) is 0 Å². The highest BCUT2D eigenvalue weighted by Gasteiger charge is 2.37. The van der Waals surface area contributed by atoms with Crippen LogP contribution in [0.1, 0.15) is 12.0 Å². The smallest absolute Gasteiger partial charge is 0.417 e. The van der Waals surface area contributed by atoms with Gasteiger partial charge in [-0.05, 0) is 12.5 Å². The zero-order chi connectivity index (χ0) is 13.5. The third-order valence-electron chi connectivity index (χ3n) is 2.73. The summed E-state index contributed by atoms with van der Waals surface area (Å²) in [5, 5.41) is 8.65. The van der Waals surface area contributed by atoms with Crippen LogP contribution in [-0.4, -0.2) is 28.6 Å². The van der Waals surface area contributed by atoms with E-state index in [9.17, 15) is 18.0 Å². The van der Waals surface area contributed by atoms with Crippen LogP contribution < -0.4 is 4.90 Å². The maximum Gasteiger partial charge on any atom is 0.417 e. The standard InChI is InChI=1S/C10H8ClF3N2O2/c11-6-3-5(10(12,13)14)4-15-8(6)16-2-1-7(16)9(17)18/h3-4,7H,1-2H2,(H,17,18)/t7-/m0/s1. The molecule has 0 radical (unpaired) electrons. The number of carbonyl (C=O) groups is 1. The van der Waals surface area contributed by atoms with Crippen molar-refractivity contribution in [2.75, 3.05) is 11.4 Å². The Morgan fingerprint density at radius 2 is 2.22 bits per heavy atom. The van der Waals surface area contributed by atoms with E-state index in [-0.39, 0.29) is 10.8 Å². The highest BCUT2D eigenvalue weighted by atomic mass is 35.5. The molecule has 1 aromatic rings. The molecule has 98 valence electrons. The Hall–Kier alpha value is -1.50. The number of aliphatic carboxylic acids is 1. The zero-order valence-corrected chi connectivity index (χ0v) is 9.66. The summed E-state index contributed by atoms with van der Waals surface area (Å²) in [6, 6.07) is -0.0204. The molecule has 8 heteroatoms. The molecule has 1 fully saturated rings. The first kappa shape index (κ1) is 12.9. The van der Waals surface area contributed by atoms with Crippen molar-refractivity contribution in [3.05, 3.63) is 22.8 Å². The van der Waals surface area contributed by atoms with Gasteiger partial charge in [-0.1, -0.05) is 11.6 Å². The summed E-state index contributed by atoms with van der Waals surface area (Å²) < 4.78 is 37.2. The lowest BCUT2D eigenvalue weighted by molar-refractivity contribution is -0.140. The number of hydrogen-bond donors (Lipinski definition) is 1. The van der Waals surface area contributed by atoms with Gasteiger partial charge in [0, 0.05) is 12.7 Å². The SMILES string of the molecule is O=C(O)[C@@H]1CCN1c1ncc(C(F)(F)F)cc1Cl. The zero-order valence-electron chi connectivity index (χ0n) is 8.91. The molecule has 1 aliphatic rings. The van der Waals surface area contributed by atoms with Gasteiger partial charge in [0.1, 0.15) is 11.9 Å². The van der Waals surface area contributed by atoms with E-state index in [1.807, 2.05) is 0 Å². The molecule has 18 heavy (non-hydrogen) atoms. The van der Waals surface area contributed by atoms with Gasteiger partial charge in [-0.3, -0.25) is 0 Å². The van der Waals surface area contributed by atoms with Crippen molar-refractivity contribution in [3.8, 4) is 0 Å². The van der Waals surface area contributed by atoms with Crippen LogP contribution in [0, 0.1) is 0 Å². The quantitative estimate of drug-likeness (QED) is 0.904. The van der Waals surface area contributed by atoms with Crippen molar-refractivity contribution in [2.24, 2.45) is 0 Å². The Morgan fingerprint density at radius 1 is 1.56 bits per heavy atom. The molecule has 0 amide bonds. The summed E-state index contributed by atoms with van der Waals surface area (Å²) in [6.45, 7) is 0.412. The van der Waals surface area contributed by atoms with Crippen molar-refractivity contribution >= 4 is 23.4 Å². The number of nitrogens with zero attached hydrogens (tertiary/aromatic N) is 2. The second-order valence-electron chi connectivity index (χ2n) is 3.86. The fourth-order valence-electron chi connectivity index (χ4n) is 1.69. The lowest BCUT2D eigenvalue weighted by Crippen LogP contribution is -2.53.